The van der Waals surface area contributed by atoms with Crippen molar-refractivity contribution in [3.8, 4) is 0 Å². The van der Waals surface area contributed by atoms with Crippen LogP contribution in [-0.2, 0) is 16.6 Å². The Balaban J connectivity index is 2.29. The van der Waals surface area contributed by atoms with Gasteiger partial charge in [-0.3, -0.25) is 0 Å². The number of hydrogen-bond acceptors (Lipinski definition) is 3. The molecule has 0 bridgehead atoms. The lowest BCUT2D eigenvalue weighted by Gasteiger charge is -2.38. The molecular weight excluding hydrogens is 274 g/mol. The quantitative estimate of drug-likeness (QED) is 0.891. The fraction of sp³-hybridized carbons (Fsp3) is 0.500. The summed E-state index contributed by atoms with van der Waals surface area (Å²) in [7, 11) is -3.55. The highest BCUT2D eigenvalue weighted by Crippen LogP contribution is 2.33. The van der Waals surface area contributed by atoms with Crippen LogP contribution >= 0.6 is 11.6 Å². The molecule has 0 saturated heterocycles. The van der Waals surface area contributed by atoms with Crippen molar-refractivity contribution in [2.45, 2.75) is 43.2 Å². The number of aliphatic hydroxyl groups excluding tert-OH is 1. The summed E-state index contributed by atoms with van der Waals surface area (Å²) in [5.74, 6) is 0. The Morgan fingerprint density at radius 1 is 1.44 bits per heavy atom. The van der Waals surface area contributed by atoms with Crippen molar-refractivity contribution in [1.29, 1.82) is 0 Å². The van der Waals surface area contributed by atoms with Crippen molar-refractivity contribution >= 4 is 21.6 Å². The lowest BCUT2D eigenvalue weighted by atomic mass is 9.80. The summed E-state index contributed by atoms with van der Waals surface area (Å²) >= 11 is 5.84. The maximum absolute atomic E-state index is 12.2. The van der Waals surface area contributed by atoms with E-state index in [0.29, 0.717) is 10.6 Å². The molecular formula is C12H16ClNO3S. The van der Waals surface area contributed by atoms with Crippen molar-refractivity contribution in [2.75, 3.05) is 0 Å². The molecule has 1 aliphatic rings. The summed E-state index contributed by atoms with van der Waals surface area (Å²) in [6.45, 7) is 1.62. The lowest BCUT2D eigenvalue weighted by molar-refractivity contribution is 0.248. The third-order valence-corrected chi connectivity index (χ3v) is 5.34. The van der Waals surface area contributed by atoms with Gasteiger partial charge in [0.15, 0.2) is 0 Å². The fourth-order valence-corrected chi connectivity index (χ4v) is 3.72. The number of rotatable bonds is 4. The van der Waals surface area contributed by atoms with Crippen LogP contribution < -0.4 is 4.72 Å². The molecule has 0 radical (unpaired) electrons. The van der Waals surface area contributed by atoms with Gasteiger partial charge in [0.1, 0.15) is 0 Å². The molecule has 2 rings (SSSR count). The van der Waals surface area contributed by atoms with Gasteiger partial charge >= 0.3 is 0 Å². The van der Waals surface area contributed by atoms with E-state index >= 15 is 0 Å². The first-order valence-electron chi connectivity index (χ1n) is 5.80. The smallest absolute Gasteiger partial charge is 0.241 e. The van der Waals surface area contributed by atoms with E-state index in [0.717, 1.165) is 19.3 Å². The van der Waals surface area contributed by atoms with Gasteiger partial charge in [-0.1, -0.05) is 11.6 Å². The van der Waals surface area contributed by atoms with Crippen LogP contribution in [0.2, 0.25) is 5.02 Å². The zero-order valence-electron chi connectivity index (χ0n) is 10.1. The first-order chi connectivity index (χ1) is 8.36. The fourth-order valence-electron chi connectivity index (χ4n) is 2.03. The summed E-state index contributed by atoms with van der Waals surface area (Å²) in [4.78, 5) is 0.143. The summed E-state index contributed by atoms with van der Waals surface area (Å²) in [5, 5.41) is 9.47. The van der Waals surface area contributed by atoms with E-state index in [1.165, 1.54) is 18.2 Å². The van der Waals surface area contributed by atoms with Gasteiger partial charge in [0.05, 0.1) is 11.5 Å². The molecule has 0 aromatic heterocycles. The molecule has 4 nitrogen and oxygen atoms in total. The summed E-state index contributed by atoms with van der Waals surface area (Å²) in [6.07, 6.45) is 2.75. The van der Waals surface area contributed by atoms with Gasteiger partial charge in [-0.05, 0) is 49.9 Å². The minimum atomic E-state index is -3.55. The van der Waals surface area contributed by atoms with Gasteiger partial charge < -0.3 is 5.11 Å². The third-order valence-electron chi connectivity index (χ3n) is 3.34. The second-order valence-electron chi connectivity index (χ2n) is 4.93. The number of aliphatic hydroxyl groups is 1. The molecule has 0 atom stereocenters. The molecule has 1 aliphatic carbocycles. The maximum atomic E-state index is 12.2. The van der Waals surface area contributed by atoms with E-state index in [9.17, 15) is 8.42 Å². The minimum absolute atomic E-state index is 0.143. The number of sulfonamides is 1. The van der Waals surface area contributed by atoms with Crippen molar-refractivity contribution in [3.63, 3.8) is 0 Å². The molecule has 1 fully saturated rings. The largest absolute Gasteiger partial charge is 0.392 e. The average molecular weight is 290 g/mol. The predicted molar refractivity (Wildman–Crippen MR) is 70.0 cm³/mol. The van der Waals surface area contributed by atoms with Crippen LogP contribution in [0.4, 0.5) is 0 Å². The molecule has 0 aliphatic heterocycles. The second kappa shape index (κ2) is 4.81. The van der Waals surface area contributed by atoms with E-state index in [1.54, 1.807) is 0 Å². The van der Waals surface area contributed by atoms with Crippen molar-refractivity contribution in [1.82, 2.24) is 4.72 Å². The monoisotopic (exact) mass is 289 g/mol. The molecule has 18 heavy (non-hydrogen) atoms. The number of benzene rings is 1. The number of hydrogen-bond donors (Lipinski definition) is 2. The lowest BCUT2D eigenvalue weighted by Crippen LogP contribution is -2.50. The predicted octanol–water partition coefficient (Wildman–Crippen LogP) is 2.05. The molecule has 0 amide bonds. The van der Waals surface area contributed by atoms with E-state index < -0.39 is 10.0 Å². The van der Waals surface area contributed by atoms with Gasteiger partial charge in [0, 0.05) is 10.6 Å². The Bertz CT molecular complexity index is 552. The van der Waals surface area contributed by atoms with E-state index in [1.807, 2.05) is 6.92 Å². The van der Waals surface area contributed by atoms with Crippen LogP contribution in [0.1, 0.15) is 31.7 Å². The van der Waals surface area contributed by atoms with Crippen LogP contribution in [0.15, 0.2) is 23.1 Å². The van der Waals surface area contributed by atoms with Crippen LogP contribution in [-0.4, -0.2) is 19.1 Å². The zero-order valence-corrected chi connectivity index (χ0v) is 11.7. The summed E-state index contributed by atoms with van der Waals surface area (Å²) in [5.41, 5.74) is 0.0796. The van der Waals surface area contributed by atoms with Gasteiger partial charge in [-0.2, -0.15) is 0 Å². The van der Waals surface area contributed by atoms with Gasteiger partial charge in [0.2, 0.25) is 10.0 Å². The molecule has 1 saturated carbocycles. The van der Waals surface area contributed by atoms with E-state index in [-0.39, 0.29) is 17.0 Å². The van der Waals surface area contributed by atoms with Crippen molar-refractivity contribution in [2.24, 2.45) is 0 Å². The molecule has 6 heteroatoms. The normalized spacial score (nSPS) is 18.4. The molecule has 0 spiro atoms. The highest BCUT2D eigenvalue weighted by Gasteiger charge is 2.36. The Hall–Kier alpha value is -0.620. The Kier molecular flexibility index (Phi) is 3.69. The Labute approximate surface area is 112 Å². The Morgan fingerprint density at radius 3 is 2.61 bits per heavy atom. The van der Waals surface area contributed by atoms with Crippen molar-refractivity contribution < 1.29 is 13.5 Å². The topological polar surface area (TPSA) is 66.4 Å². The summed E-state index contributed by atoms with van der Waals surface area (Å²) < 4.78 is 27.1. The number of halogens is 1. The van der Waals surface area contributed by atoms with E-state index in [2.05, 4.69) is 4.72 Å². The molecule has 100 valence electrons. The standard InChI is InChI=1S/C12H16ClNO3S/c1-12(5-2-6-12)14-18(16,17)10-3-4-11(13)9(7-10)8-15/h3-4,7,14-15H,2,5-6,8H2,1H3. The molecule has 1 aromatic carbocycles. The Morgan fingerprint density at radius 2 is 2.11 bits per heavy atom. The van der Waals surface area contributed by atoms with Gasteiger partial charge in [-0.15, -0.1) is 0 Å². The zero-order chi connectivity index (χ0) is 13.4. The van der Waals surface area contributed by atoms with Gasteiger partial charge in [-0.25, -0.2) is 13.1 Å². The summed E-state index contributed by atoms with van der Waals surface area (Å²) in [6, 6.07) is 4.35. The van der Waals surface area contributed by atoms with Crippen molar-refractivity contribution in [3.05, 3.63) is 28.8 Å². The first-order valence-corrected chi connectivity index (χ1v) is 7.66. The third kappa shape index (κ3) is 2.69. The van der Waals surface area contributed by atoms with Crippen LogP contribution in [0.3, 0.4) is 0 Å². The van der Waals surface area contributed by atoms with Gasteiger partial charge in [0.25, 0.3) is 0 Å². The van der Waals surface area contributed by atoms with Crippen LogP contribution in [0.25, 0.3) is 0 Å². The first kappa shape index (κ1) is 13.8. The molecule has 0 unspecified atom stereocenters. The van der Waals surface area contributed by atoms with Crippen LogP contribution in [0, 0.1) is 0 Å². The van der Waals surface area contributed by atoms with Crippen LogP contribution in [0.5, 0.6) is 0 Å². The molecule has 0 heterocycles. The average Bonchev–Trinajstić information content (AvgIpc) is 2.26. The SMILES string of the molecule is CC1(NS(=O)(=O)c2ccc(Cl)c(CO)c2)CCC1. The molecule has 1 aromatic rings. The van der Waals surface area contributed by atoms with E-state index in [4.69, 9.17) is 16.7 Å². The minimum Gasteiger partial charge on any atom is -0.392 e. The highest BCUT2D eigenvalue weighted by atomic mass is 35.5. The molecule has 2 N–H and O–H groups in total. The second-order valence-corrected chi connectivity index (χ2v) is 7.02. The number of nitrogens with one attached hydrogen (secondary N) is 1. The maximum Gasteiger partial charge on any atom is 0.241 e. The highest BCUT2D eigenvalue weighted by molar-refractivity contribution is 7.89.